The molecule has 1 aromatic carbocycles. The Labute approximate surface area is 114 Å². The summed E-state index contributed by atoms with van der Waals surface area (Å²) in [7, 11) is 0. The highest BCUT2D eigenvalue weighted by Gasteiger charge is 2.14. The van der Waals surface area contributed by atoms with Gasteiger partial charge in [0.2, 0.25) is 0 Å². The highest BCUT2D eigenvalue weighted by molar-refractivity contribution is 8.00. The Bertz CT molecular complexity index is 631. The molecular weight excluding hydrogens is 267 g/mol. The van der Waals surface area contributed by atoms with E-state index < -0.39 is 11.8 Å². The van der Waals surface area contributed by atoms with Crippen molar-refractivity contribution in [2.75, 3.05) is 5.75 Å². The minimum absolute atomic E-state index is 0.0943. The molecule has 0 aliphatic carbocycles. The maximum atomic E-state index is 13.9. The molecule has 4 nitrogen and oxygen atoms in total. The number of hydrogen-bond donors (Lipinski definition) is 1. The molecule has 0 unspecified atom stereocenters. The van der Waals surface area contributed by atoms with E-state index in [0.29, 0.717) is 16.4 Å². The monoisotopic (exact) mass is 280 g/mol. The molecule has 0 bridgehead atoms. The van der Waals surface area contributed by atoms with E-state index in [1.165, 1.54) is 6.07 Å². The first-order valence-electron chi connectivity index (χ1n) is 5.79. The fourth-order valence-electron chi connectivity index (χ4n) is 1.62. The van der Waals surface area contributed by atoms with Crippen LogP contribution in [0.3, 0.4) is 0 Å². The number of halogens is 1. The third kappa shape index (κ3) is 3.01. The zero-order valence-electron chi connectivity index (χ0n) is 10.6. The van der Waals surface area contributed by atoms with Gasteiger partial charge in [-0.1, -0.05) is 31.7 Å². The van der Waals surface area contributed by atoms with Crippen molar-refractivity contribution in [2.45, 2.75) is 24.8 Å². The van der Waals surface area contributed by atoms with Crippen molar-refractivity contribution in [2.24, 2.45) is 0 Å². The average molecular weight is 280 g/mol. The molecule has 100 valence electrons. The normalized spacial score (nSPS) is 11.2. The summed E-state index contributed by atoms with van der Waals surface area (Å²) in [6.45, 7) is 3.87. The Kier molecular flexibility index (Phi) is 3.99. The van der Waals surface area contributed by atoms with Gasteiger partial charge in [-0.05, 0) is 12.1 Å². The maximum absolute atomic E-state index is 13.9. The van der Waals surface area contributed by atoms with E-state index in [-0.39, 0.29) is 17.1 Å². The van der Waals surface area contributed by atoms with E-state index in [9.17, 15) is 9.18 Å². The molecule has 0 spiro atoms. The van der Waals surface area contributed by atoms with Gasteiger partial charge in [-0.25, -0.2) is 14.4 Å². The summed E-state index contributed by atoms with van der Waals surface area (Å²) in [5, 5.41) is 9.41. The minimum Gasteiger partial charge on any atom is -0.481 e. The summed E-state index contributed by atoms with van der Waals surface area (Å²) in [4.78, 5) is 19.2. The number of nitrogens with zero attached hydrogens (tertiary/aromatic N) is 2. The minimum atomic E-state index is -0.959. The fourth-order valence-corrected chi connectivity index (χ4v) is 2.38. The maximum Gasteiger partial charge on any atom is 0.313 e. The van der Waals surface area contributed by atoms with Crippen LogP contribution in [0, 0.1) is 5.82 Å². The first-order chi connectivity index (χ1) is 8.99. The molecule has 6 heteroatoms. The number of benzene rings is 1. The standard InChI is InChI=1S/C13H13FN2O2S/c1-7(2)12-15-9-5-3-4-8(14)11(9)13(16-12)19-6-10(17)18/h3-5,7H,6H2,1-2H3,(H,17,18). The van der Waals surface area contributed by atoms with Crippen LogP contribution in [-0.4, -0.2) is 26.8 Å². The lowest BCUT2D eigenvalue weighted by Crippen LogP contribution is -2.03. The molecule has 0 fully saturated rings. The number of rotatable bonds is 4. The van der Waals surface area contributed by atoms with Gasteiger partial charge in [-0.3, -0.25) is 4.79 Å². The van der Waals surface area contributed by atoms with E-state index in [2.05, 4.69) is 9.97 Å². The molecule has 0 amide bonds. The lowest BCUT2D eigenvalue weighted by atomic mass is 10.2. The predicted octanol–water partition coefficient (Wildman–Crippen LogP) is 3.07. The third-order valence-electron chi connectivity index (χ3n) is 2.51. The fraction of sp³-hybridized carbons (Fsp3) is 0.308. The largest absolute Gasteiger partial charge is 0.481 e. The van der Waals surface area contributed by atoms with Crippen LogP contribution in [0.25, 0.3) is 10.9 Å². The second-order valence-electron chi connectivity index (χ2n) is 4.36. The van der Waals surface area contributed by atoms with Crippen LogP contribution in [0.2, 0.25) is 0 Å². The molecule has 0 aliphatic heterocycles. The summed E-state index contributed by atoms with van der Waals surface area (Å²) in [5.41, 5.74) is 0.506. The van der Waals surface area contributed by atoms with E-state index >= 15 is 0 Å². The molecule has 2 aromatic rings. The Balaban J connectivity index is 2.59. The number of hydrogen-bond acceptors (Lipinski definition) is 4. The van der Waals surface area contributed by atoms with Crippen LogP contribution in [0.4, 0.5) is 4.39 Å². The Morgan fingerprint density at radius 1 is 1.42 bits per heavy atom. The highest BCUT2D eigenvalue weighted by atomic mass is 32.2. The molecule has 1 heterocycles. The van der Waals surface area contributed by atoms with Crippen molar-refractivity contribution < 1.29 is 14.3 Å². The number of aromatic nitrogens is 2. The number of aliphatic carboxylic acids is 1. The van der Waals surface area contributed by atoms with Gasteiger partial charge < -0.3 is 5.11 Å². The van der Waals surface area contributed by atoms with Gasteiger partial charge in [0.25, 0.3) is 0 Å². The van der Waals surface area contributed by atoms with Gasteiger partial charge in [0.1, 0.15) is 16.7 Å². The zero-order chi connectivity index (χ0) is 14.0. The van der Waals surface area contributed by atoms with Gasteiger partial charge in [0.05, 0.1) is 16.7 Å². The Hall–Kier alpha value is -1.69. The van der Waals surface area contributed by atoms with E-state index in [1.807, 2.05) is 13.8 Å². The summed E-state index contributed by atoms with van der Waals surface area (Å²) < 4.78 is 13.9. The lowest BCUT2D eigenvalue weighted by molar-refractivity contribution is -0.133. The predicted molar refractivity (Wildman–Crippen MR) is 71.9 cm³/mol. The topological polar surface area (TPSA) is 63.1 Å². The van der Waals surface area contributed by atoms with Crippen LogP contribution in [0.1, 0.15) is 25.6 Å². The lowest BCUT2D eigenvalue weighted by Gasteiger charge is -2.10. The molecule has 19 heavy (non-hydrogen) atoms. The van der Waals surface area contributed by atoms with Gasteiger partial charge in [-0.2, -0.15) is 0 Å². The first-order valence-corrected chi connectivity index (χ1v) is 6.78. The summed E-state index contributed by atoms with van der Waals surface area (Å²) in [5.74, 6) is -0.861. The van der Waals surface area contributed by atoms with Crippen molar-refractivity contribution in [1.82, 2.24) is 9.97 Å². The van der Waals surface area contributed by atoms with Crippen molar-refractivity contribution >= 4 is 28.6 Å². The van der Waals surface area contributed by atoms with Gasteiger partial charge in [-0.15, -0.1) is 0 Å². The number of carbonyl (C=O) groups is 1. The second-order valence-corrected chi connectivity index (χ2v) is 5.32. The van der Waals surface area contributed by atoms with Crippen molar-refractivity contribution in [1.29, 1.82) is 0 Å². The third-order valence-corrected chi connectivity index (χ3v) is 3.47. The number of fused-ring (bicyclic) bond motifs is 1. The van der Waals surface area contributed by atoms with E-state index in [0.717, 1.165) is 11.8 Å². The van der Waals surface area contributed by atoms with E-state index in [1.54, 1.807) is 12.1 Å². The number of carboxylic acids is 1. The van der Waals surface area contributed by atoms with Gasteiger partial charge in [0.15, 0.2) is 0 Å². The molecule has 0 aliphatic rings. The van der Waals surface area contributed by atoms with Crippen molar-refractivity contribution in [3.8, 4) is 0 Å². The zero-order valence-corrected chi connectivity index (χ0v) is 11.4. The molecule has 2 rings (SSSR count). The van der Waals surface area contributed by atoms with Crippen LogP contribution < -0.4 is 0 Å². The summed E-state index contributed by atoms with van der Waals surface area (Å²) in [6, 6.07) is 4.61. The quantitative estimate of drug-likeness (QED) is 0.689. The van der Waals surface area contributed by atoms with Crippen LogP contribution in [0.15, 0.2) is 23.2 Å². The molecule has 0 atom stereocenters. The summed E-state index contributed by atoms with van der Waals surface area (Å²) >= 11 is 1.01. The molecular formula is C13H13FN2O2S. The Morgan fingerprint density at radius 2 is 2.16 bits per heavy atom. The van der Waals surface area contributed by atoms with Gasteiger partial charge in [0, 0.05) is 5.92 Å². The summed E-state index contributed by atoms with van der Waals surface area (Å²) in [6.07, 6.45) is 0. The van der Waals surface area contributed by atoms with E-state index in [4.69, 9.17) is 5.11 Å². The molecule has 0 saturated heterocycles. The Morgan fingerprint density at radius 3 is 2.79 bits per heavy atom. The van der Waals surface area contributed by atoms with Crippen LogP contribution >= 0.6 is 11.8 Å². The molecule has 0 saturated carbocycles. The highest BCUT2D eigenvalue weighted by Crippen LogP contribution is 2.28. The smallest absolute Gasteiger partial charge is 0.313 e. The van der Waals surface area contributed by atoms with Crippen LogP contribution in [-0.2, 0) is 4.79 Å². The van der Waals surface area contributed by atoms with Gasteiger partial charge >= 0.3 is 5.97 Å². The average Bonchev–Trinajstić information content (AvgIpc) is 2.35. The number of carboxylic acid groups (broad SMARTS) is 1. The van der Waals surface area contributed by atoms with Crippen molar-refractivity contribution in [3.63, 3.8) is 0 Å². The number of thioether (sulfide) groups is 1. The van der Waals surface area contributed by atoms with Crippen molar-refractivity contribution in [3.05, 3.63) is 29.8 Å². The molecule has 1 N–H and O–H groups in total. The second kappa shape index (κ2) is 5.52. The molecule has 0 radical (unpaired) electrons. The first kappa shape index (κ1) is 13.7. The van der Waals surface area contributed by atoms with Crippen LogP contribution in [0.5, 0.6) is 0 Å². The SMILES string of the molecule is CC(C)c1nc(SCC(=O)O)c2c(F)cccc2n1. The molecule has 1 aromatic heterocycles.